The van der Waals surface area contributed by atoms with Gasteiger partial charge in [-0.2, -0.15) is 5.10 Å². The molecule has 0 aliphatic carbocycles. The van der Waals surface area contributed by atoms with E-state index in [1.807, 2.05) is 38.1 Å². The summed E-state index contributed by atoms with van der Waals surface area (Å²) in [6.45, 7) is 5.18. The minimum atomic E-state index is -3.92. The van der Waals surface area contributed by atoms with Gasteiger partial charge < -0.3 is 9.47 Å². The molecule has 200 valence electrons. The molecule has 39 heavy (non-hydrogen) atoms. The van der Waals surface area contributed by atoms with E-state index >= 15 is 0 Å². The lowest BCUT2D eigenvalue weighted by Gasteiger charge is -2.23. The van der Waals surface area contributed by atoms with Gasteiger partial charge >= 0.3 is 0 Å². The predicted octanol–water partition coefficient (Wildman–Crippen LogP) is 6.16. The Hall–Kier alpha value is -3.66. The summed E-state index contributed by atoms with van der Waals surface area (Å²) < 4.78 is 40.3. The Labute approximate surface area is 231 Å². The number of pyridine rings is 1. The fourth-order valence-corrected chi connectivity index (χ4v) is 6.39. The molecule has 6 rings (SSSR count). The second-order valence-corrected chi connectivity index (χ2v) is 12.0. The number of aromatic amines is 1. The summed E-state index contributed by atoms with van der Waals surface area (Å²) >= 11 is 6.68. The first-order valence-corrected chi connectivity index (χ1v) is 14.5. The van der Waals surface area contributed by atoms with Gasteiger partial charge in [-0.15, -0.1) is 0 Å². The van der Waals surface area contributed by atoms with Crippen LogP contribution in [0.15, 0.2) is 72.0 Å². The summed E-state index contributed by atoms with van der Waals surface area (Å²) in [5.41, 5.74) is 5.36. The van der Waals surface area contributed by atoms with E-state index in [1.54, 1.807) is 42.9 Å². The SMILES string of the molecule is Cc1ccc(S(=O)(=O)n2cc(-c3ccc(OC4CCOCC4)c(Cl)c3)c3cc(-c4cn[nH]c4C)cnc32)cc1. The molecule has 0 bridgehead atoms. The second-order valence-electron chi connectivity index (χ2n) is 9.74. The average Bonchev–Trinajstić information content (AvgIpc) is 3.54. The first-order valence-electron chi connectivity index (χ1n) is 12.7. The summed E-state index contributed by atoms with van der Waals surface area (Å²) in [5.74, 6) is 0.594. The lowest BCUT2D eigenvalue weighted by Crippen LogP contribution is -2.25. The van der Waals surface area contributed by atoms with Gasteiger partial charge in [0.05, 0.1) is 29.3 Å². The van der Waals surface area contributed by atoms with Gasteiger partial charge in [-0.3, -0.25) is 5.10 Å². The molecular formula is C29H27ClN4O4S. The molecule has 1 aliphatic heterocycles. The number of aryl methyl sites for hydroxylation is 2. The van der Waals surface area contributed by atoms with Crippen molar-refractivity contribution in [2.75, 3.05) is 13.2 Å². The van der Waals surface area contributed by atoms with Gasteiger partial charge in [0.1, 0.15) is 11.9 Å². The van der Waals surface area contributed by atoms with Crippen LogP contribution in [0.5, 0.6) is 5.75 Å². The number of ether oxygens (including phenoxy) is 2. The van der Waals surface area contributed by atoms with Gasteiger partial charge in [0.2, 0.25) is 0 Å². The van der Waals surface area contributed by atoms with Crippen LogP contribution in [-0.2, 0) is 14.8 Å². The van der Waals surface area contributed by atoms with Gasteiger partial charge in [0, 0.05) is 53.0 Å². The van der Waals surface area contributed by atoms with E-state index in [4.69, 9.17) is 21.1 Å². The van der Waals surface area contributed by atoms with Gasteiger partial charge in [-0.1, -0.05) is 35.4 Å². The highest BCUT2D eigenvalue weighted by molar-refractivity contribution is 7.90. The molecule has 4 heterocycles. The summed E-state index contributed by atoms with van der Waals surface area (Å²) in [5, 5.41) is 8.21. The van der Waals surface area contributed by atoms with Crippen molar-refractivity contribution in [3.05, 3.63) is 83.4 Å². The number of halogens is 1. The Bertz CT molecular complexity index is 1770. The zero-order valence-corrected chi connectivity index (χ0v) is 23.1. The minimum absolute atomic E-state index is 0.0497. The van der Waals surface area contributed by atoms with Crippen molar-refractivity contribution in [2.24, 2.45) is 0 Å². The van der Waals surface area contributed by atoms with Crippen LogP contribution in [0.25, 0.3) is 33.3 Å². The fraction of sp³-hybridized carbons (Fsp3) is 0.241. The first-order chi connectivity index (χ1) is 18.8. The molecular weight excluding hydrogens is 536 g/mol. The molecule has 0 radical (unpaired) electrons. The molecule has 10 heteroatoms. The zero-order chi connectivity index (χ0) is 27.1. The van der Waals surface area contributed by atoms with Crippen molar-refractivity contribution in [1.29, 1.82) is 0 Å². The summed E-state index contributed by atoms with van der Waals surface area (Å²) in [6, 6.07) is 14.3. The third kappa shape index (κ3) is 4.82. The zero-order valence-electron chi connectivity index (χ0n) is 21.5. The number of H-pyrrole nitrogens is 1. The van der Waals surface area contributed by atoms with Crippen molar-refractivity contribution in [1.82, 2.24) is 19.2 Å². The maximum Gasteiger partial charge on any atom is 0.269 e. The van der Waals surface area contributed by atoms with Gasteiger partial charge in [0.15, 0.2) is 5.65 Å². The second kappa shape index (κ2) is 10.1. The maximum absolute atomic E-state index is 13.8. The number of nitrogens with one attached hydrogen (secondary N) is 1. The summed E-state index contributed by atoms with van der Waals surface area (Å²) in [4.78, 5) is 4.81. The van der Waals surface area contributed by atoms with E-state index in [-0.39, 0.29) is 11.0 Å². The van der Waals surface area contributed by atoms with Crippen molar-refractivity contribution in [2.45, 2.75) is 37.7 Å². The third-order valence-corrected chi connectivity index (χ3v) is 8.99. The van der Waals surface area contributed by atoms with E-state index in [2.05, 4.69) is 15.2 Å². The van der Waals surface area contributed by atoms with Gasteiger partial charge in [-0.25, -0.2) is 17.4 Å². The largest absolute Gasteiger partial charge is 0.489 e. The van der Waals surface area contributed by atoms with Crippen molar-refractivity contribution < 1.29 is 17.9 Å². The van der Waals surface area contributed by atoms with E-state index in [0.29, 0.717) is 40.6 Å². The Kier molecular flexibility index (Phi) is 6.66. The number of aromatic nitrogens is 4. The van der Waals surface area contributed by atoms with Crippen molar-refractivity contribution in [3.8, 4) is 28.0 Å². The van der Waals surface area contributed by atoms with Crippen molar-refractivity contribution >= 4 is 32.7 Å². The molecule has 1 aliphatic rings. The molecule has 1 N–H and O–H groups in total. The quantitative estimate of drug-likeness (QED) is 0.266. The Morgan fingerprint density at radius 2 is 1.77 bits per heavy atom. The highest BCUT2D eigenvalue weighted by atomic mass is 35.5. The number of hydrogen-bond acceptors (Lipinski definition) is 6. The smallest absolute Gasteiger partial charge is 0.269 e. The standard InChI is InChI=1S/C29H27ClN4O4S/c1-18-3-6-23(7-4-18)39(35,36)34-17-26(24-13-21(15-31-29(24)34)25-16-32-33-19(25)2)20-5-8-28(27(30)14-20)38-22-9-11-37-12-10-22/h3-8,13-17,22H,9-12H2,1-2H3,(H,32,33). The lowest BCUT2D eigenvalue weighted by atomic mass is 10.0. The molecule has 0 amide bonds. The molecule has 0 spiro atoms. The molecule has 0 atom stereocenters. The molecule has 0 saturated carbocycles. The number of nitrogens with zero attached hydrogens (tertiary/aromatic N) is 3. The van der Waals surface area contributed by atoms with Crippen LogP contribution in [0, 0.1) is 13.8 Å². The van der Waals surface area contributed by atoms with Crippen LogP contribution in [-0.4, -0.2) is 46.9 Å². The van der Waals surface area contributed by atoms with Crippen LogP contribution in [0.1, 0.15) is 24.1 Å². The lowest BCUT2D eigenvalue weighted by molar-refractivity contribution is 0.0256. The Morgan fingerprint density at radius 3 is 2.46 bits per heavy atom. The maximum atomic E-state index is 13.8. The van der Waals surface area contributed by atoms with Crippen LogP contribution < -0.4 is 4.74 Å². The van der Waals surface area contributed by atoms with E-state index in [9.17, 15) is 8.42 Å². The number of rotatable bonds is 6. The first kappa shape index (κ1) is 25.6. The van der Waals surface area contributed by atoms with E-state index < -0.39 is 10.0 Å². The monoisotopic (exact) mass is 562 g/mol. The van der Waals surface area contributed by atoms with Crippen LogP contribution in [0.3, 0.4) is 0 Å². The average molecular weight is 563 g/mol. The van der Waals surface area contributed by atoms with Gasteiger partial charge in [0.25, 0.3) is 10.0 Å². The highest BCUT2D eigenvalue weighted by Gasteiger charge is 2.24. The Morgan fingerprint density at radius 1 is 1.00 bits per heavy atom. The van der Waals surface area contributed by atoms with E-state index in [0.717, 1.165) is 40.8 Å². The van der Waals surface area contributed by atoms with Gasteiger partial charge in [-0.05, 0) is 49.7 Å². The Balaban J connectivity index is 1.49. The van der Waals surface area contributed by atoms with E-state index in [1.165, 1.54) is 3.97 Å². The molecule has 5 aromatic rings. The van der Waals surface area contributed by atoms with Crippen LogP contribution in [0.2, 0.25) is 5.02 Å². The normalized spacial score (nSPS) is 14.6. The number of benzene rings is 2. The molecule has 1 saturated heterocycles. The number of fused-ring (bicyclic) bond motifs is 1. The fourth-order valence-electron chi connectivity index (χ4n) is 4.84. The predicted molar refractivity (Wildman–Crippen MR) is 151 cm³/mol. The molecule has 1 fully saturated rings. The molecule has 0 unspecified atom stereocenters. The molecule has 3 aromatic heterocycles. The topological polar surface area (TPSA) is 99.1 Å². The third-order valence-electron chi connectivity index (χ3n) is 7.04. The number of hydrogen-bond donors (Lipinski definition) is 1. The van der Waals surface area contributed by atoms with Crippen LogP contribution >= 0.6 is 11.6 Å². The van der Waals surface area contributed by atoms with Crippen molar-refractivity contribution in [3.63, 3.8) is 0 Å². The molecule has 2 aromatic carbocycles. The summed E-state index contributed by atoms with van der Waals surface area (Å²) in [7, 11) is -3.92. The molecule has 8 nitrogen and oxygen atoms in total. The minimum Gasteiger partial charge on any atom is -0.489 e. The highest BCUT2D eigenvalue weighted by Crippen LogP contribution is 2.38. The summed E-state index contributed by atoms with van der Waals surface area (Å²) in [6.07, 6.45) is 6.69. The van der Waals surface area contributed by atoms with Crippen LogP contribution in [0.4, 0.5) is 0 Å².